The van der Waals surface area contributed by atoms with Gasteiger partial charge in [0.15, 0.2) is 0 Å². The number of rotatable bonds is 4. The van der Waals surface area contributed by atoms with Gasteiger partial charge in [-0.2, -0.15) is 0 Å². The lowest BCUT2D eigenvalue weighted by atomic mass is 9.82. The molecule has 0 spiro atoms. The van der Waals surface area contributed by atoms with E-state index < -0.39 is 0 Å². The third-order valence-electron chi connectivity index (χ3n) is 13.5. The summed E-state index contributed by atoms with van der Waals surface area (Å²) >= 11 is 0. The van der Waals surface area contributed by atoms with Gasteiger partial charge in [0.05, 0.1) is 11.0 Å². The molecule has 0 saturated carbocycles. The van der Waals surface area contributed by atoms with E-state index in [1.807, 2.05) is 0 Å². The summed E-state index contributed by atoms with van der Waals surface area (Å²) in [6.45, 7) is 9.48. The van der Waals surface area contributed by atoms with E-state index in [0.29, 0.717) is 0 Å². The zero-order chi connectivity index (χ0) is 38.9. The fraction of sp³-hybridized carbons (Fsp3) is 0.107. The summed E-state index contributed by atoms with van der Waals surface area (Å²) in [7, 11) is 0. The van der Waals surface area contributed by atoms with Gasteiger partial charge < -0.3 is 9.47 Å². The smallest absolute Gasteiger partial charge is 0.0547 e. The summed E-state index contributed by atoms with van der Waals surface area (Å²) in [5, 5.41) is 7.56. The minimum absolute atomic E-state index is 0.103. The molecule has 2 aliphatic rings. The highest BCUT2D eigenvalue weighted by atomic mass is 15.1. The van der Waals surface area contributed by atoms with Crippen LogP contribution in [-0.2, 0) is 10.8 Å². The van der Waals surface area contributed by atoms with Crippen LogP contribution >= 0.6 is 0 Å². The number of nitrogens with zero attached hydrogens (tertiary/aromatic N) is 2. The first kappa shape index (κ1) is 33.3. The molecule has 10 aromatic rings. The van der Waals surface area contributed by atoms with E-state index >= 15 is 0 Å². The molecule has 0 unspecified atom stereocenters. The molecule has 12 rings (SSSR count). The lowest BCUT2D eigenvalue weighted by Crippen LogP contribution is -2.18. The largest absolute Gasteiger partial charge is 0.310 e. The molecule has 0 radical (unpaired) electrons. The molecule has 0 fully saturated rings. The van der Waals surface area contributed by atoms with Crippen molar-refractivity contribution in [2.45, 2.75) is 38.5 Å². The van der Waals surface area contributed by atoms with Crippen molar-refractivity contribution in [3.8, 4) is 27.9 Å². The van der Waals surface area contributed by atoms with Gasteiger partial charge in [0.1, 0.15) is 0 Å². The average Bonchev–Trinajstić information content (AvgIpc) is 3.81. The maximum atomic E-state index is 2.48. The molecule has 0 atom stereocenters. The number of fused-ring (bicyclic) bond motifs is 12. The minimum Gasteiger partial charge on any atom is -0.310 e. The van der Waals surface area contributed by atoms with Crippen molar-refractivity contribution < 1.29 is 0 Å². The average molecular weight is 743 g/mol. The van der Waals surface area contributed by atoms with E-state index in [-0.39, 0.29) is 10.8 Å². The monoisotopic (exact) mass is 742 g/mol. The third kappa shape index (κ3) is 4.54. The molecule has 1 aromatic heterocycles. The van der Waals surface area contributed by atoms with Gasteiger partial charge in [0, 0.05) is 44.4 Å². The Morgan fingerprint density at radius 2 is 0.862 bits per heavy atom. The van der Waals surface area contributed by atoms with Crippen molar-refractivity contribution in [3.63, 3.8) is 0 Å². The maximum absolute atomic E-state index is 2.48. The fourth-order valence-corrected chi connectivity index (χ4v) is 10.6. The van der Waals surface area contributed by atoms with Crippen LogP contribution in [0.5, 0.6) is 0 Å². The first-order valence-corrected chi connectivity index (χ1v) is 20.5. The van der Waals surface area contributed by atoms with E-state index in [1.54, 1.807) is 0 Å². The SMILES string of the molecule is CC1(C)c2ccccc2-c2ccc(N(c3ccc4c(c3)C(C)(C)c3ccccc3-4)c3ccc4cc(-n5c6ccccc6c6c7ccccc7ccc65)ccc4c3)cc21. The standard InChI is InChI=1S/C56H42N2/c1-55(2)48-18-10-7-15-43(48)45-28-26-40(33-50(45)55)57(41-27-29-46-44-16-8-11-19-49(44)56(3,4)51(46)34-41)38-24-21-37-32-39(25-22-36(37)31-38)58-52-20-12-9-17-47(52)54-42-14-6-5-13-35(42)23-30-53(54)58/h5-34H,1-4H3. The molecule has 9 aromatic carbocycles. The number of para-hydroxylation sites is 1. The Morgan fingerprint density at radius 3 is 1.55 bits per heavy atom. The second-order valence-corrected chi connectivity index (χ2v) is 17.4. The van der Waals surface area contributed by atoms with Crippen LogP contribution < -0.4 is 4.90 Å². The van der Waals surface area contributed by atoms with Crippen LogP contribution in [0.2, 0.25) is 0 Å². The van der Waals surface area contributed by atoms with E-state index in [1.165, 1.54) is 105 Å². The first-order chi connectivity index (χ1) is 28.3. The molecule has 1 heterocycles. The van der Waals surface area contributed by atoms with Crippen LogP contribution in [0.1, 0.15) is 49.9 Å². The fourth-order valence-electron chi connectivity index (χ4n) is 10.6. The molecule has 276 valence electrons. The summed E-state index contributed by atoms with van der Waals surface area (Å²) in [5.41, 5.74) is 17.8. The normalized spacial score (nSPS) is 14.5. The van der Waals surface area contributed by atoms with Crippen LogP contribution in [0.15, 0.2) is 182 Å². The molecule has 0 amide bonds. The van der Waals surface area contributed by atoms with Crippen molar-refractivity contribution in [3.05, 3.63) is 204 Å². The quantitative estimate of drug-likeness (QED) is 0.174. The molecular formula is C56H42N2. The van der Waals surface area contributed by atoms with Gasteiger partial charge in [-0.3, -0.25) is 0 Å². The van der Waals surface area contributed by atoms with Crippen LogP contribution in [0, 0.1) is 0 Å². The summed E-state index contributed by atoms with van der Waals surface area (Å²) in [5.74, 6) is 0. The second-order valence-electron chi connectivity index (χ2n) is 17.4. The molecule has 0 aliphatic heterocycles. The predicted molar refractivity (Wildman–Crippen MR) is 246 cm³/mol. The van der Waals surface area contributed by atoms with Crippen LogP contribution in [0.25, 0.3) is 71.3 Å². The highest BCUT2D eigenvalue weighted by Gasteiger charge is 2.37. The Morgan fingerprint density at radius 1 is 0.362 bits per heavy atom. The number of aromatic nitrogens is 1. The third-order valence-corrected chi connectivity index (χ3v) is 13.5. The van der Waals surface area contributed by atoms with Gasteiger partial charge in [-0.15, -0.1) is 0 Å². The predicted octanol–water partition coefficient (Wildman–Crippen LogP) is 15.2. The van der Waals surface area contributed by atoms with Gasteiger partial charge >= 0.3 is 0 Å². The van der Waals surface area contributed by atoms with E-state index in [9.17, 15) is 0 Å². The Balaban J connectivity index is 1.03. The molecule has 0 N–H and O–H groups in total. The molecule has 2 nitrogen and oxygen atoms in total. The number of hydrogen-bond acceptors (Lipinski definition) is 1. The van der Waals surface area contributed by atoms with Crippen LogP contribution in [0.3, 0.4) is 0 Å². The number of benzene rings is 9. The molecule has 2 aliphatic carbocycles. The van der Waals surface area contributed by atoms with Crippen molar-refractivity contribution >= 4 is 60.4 Å². The Kier molecular flexibility index (Phi) is 6.78. The maximum Gasteiger partial charge on any atom is 0.0547 e. The Hall–Kier alpha value is -6.90. The zero-order valence-corrected chi connectivity index (χ0v) is 33.2. The van der Waals surface area contributed by atoms with Crippen molar-refractivity contribution in [1.29, 1.82) is 0 Å². The van der Waals surface area contributed by atoms with Crippen molar-refractivity contribution in [2.24, 2.45) is 0 Å². The van der Waals surface area contributed by atoms with Crippen molar-refractivity contribution in [2.75, 3.05) is 4.90 Å². The molecule has 0 bridgehead atoms. The molecule has 0 saturated heterocycles. The van der Waals surface area contributed by atoms with Crippen LogP contribution in [-0.4, -0.2) is 4.57 Å². The zero-order valence-electron chi connectivity index (χ0n) is 33.2. The molecule has 2 heteroatoms. The highest BCUT2D eigenvalue weighted by Crippen LogP contribution is 2.53. The highest BCUT2D eigenvalue weighted by molar-refractivity contribution is 6.21. The first-order valence-electron chi connectivity index (χ1n) is 20.5. The van der Waals surface area contributed by atoms with E-state index in [0.717, 1.165) is 5.69 Å². The molecular weight excluding hydrogens is 701 g/mol. The van der Waals surface area contributed by atoms with E-state index in [2.05, 4.69) is 219 Å². The Labute approximate surface area is 339 Å². The topological polar surface area (TPSA) is 8.17 Å². The minimum atomic E-state index is -0.103. The summed E-state index contributed by atoms with van der Waals surface area (Å²) in [4.78, 5) is 2.48. The van der Waals surface area contributed by atoms with Gasteiger partial charge in [-0.25, -0.2) is 0 Å². The van der Waals surface area contributed by atoms with Crippen molar-refractivity contribution in [1.82, 2.24) is 4.57 Å². The summed E-state index contributed by atoms with van der Waals surface area (Å²) < 4.78 is 2.44. The molecule has 58 heavy (non-hydrogen) atoms. The summed E-state index contributed by atoms with van der Waals surface area (Å²) in [6.07, 6.45) is 0. The number of anilines is 3. The number of hydrogen-bond donors (Lipinski definition) is 0. The van der Waals surface area contributed by atoms with Crippen LogP contribution in [0.4, 0.5) is 17.1 Å². The second kappa shape index (κ2) is 11.8. The van der Waals surface area contributed by atoms with E-state index in [4.69, 9.17) is 0 Å². The van der Waals surface area contributed by atoms with Gasteiger partial charge in [0.2, 0.25) is 0 Å². The lowest BCUT2D eigenvalue weighted by molar-refractivity contribution is 0.660. The lowest BCUT2D eigenvalue weighted by Gasteiger charge is -2.30. The Bertz CT molecular complexity index is 3250. The van der Waals surface area contributed by atoms with Gasteiger partial charge in [-0.1, -0.05) is 149 Å². The van der Waals surface area contributed by atoms with Gasteiger partial charge in [-0.05, 0) is 127 Å². The van der Waals surface area contributed by atoms with Gasteiger partial charge in [0.25, 0.3) is 0 Å². The summed E-state index contributed by atoms with van der Waals surface area (Å²) in [6, 6.07) is 68.1.